The van der Waals surface area contributed by atoms with Gasteiger partial charge in [0.1, 0.15) is 0 Å². The fourth-order valence-electron chi connectivity index (χ4n) is 3.85. The van der Waals surface area contributed by atoms with Crippen LogP contribution < -0.4 is 0 Å². The molecule has 0 bridgehead atoms. The van der Waals surface area contributed by atoms with Gasteiger partial charge < -0.3 is 14.4 Å². The standard InChI is InChI=1S/C17H27NO3/c1-2-20-12-15-11-17(13-21-15)7-9-18(10-8-17)16(19)14-5-3-4-6-14/h5,15H,2-4,6-13H2,1H3. The summed E-state index contributed by atoms with van der Waals surface area (Å²) in [5.41, 5.74) is 1.34. The van der Waals surface area contributed by atoms with Crippen LogP contribution in [0.25, 0.3) is 0 Å². The summed E-state index contributed by atoms with van der Waals surface area (Å²) in [6.45, 7) is 6.11. The summed E-state index contributed by atoms with van der Waals surface area (Å²) in [6, 6.07) is 0. The minimum Gasteiger partial charge on any atom is -0.379 e. The van der Waals surface area contributed by atoms with Crippen LogP contribution in [0.3, 0.4) is 0 Å². The maximum Gasteiger partial charge on any atom is 0.249 e. The highest BCUT2D eigenvalue weighted by atomic mass is 16.5. The minimum absolute atomic E-state index is 0.254. The van der Waals surface area contributed by atoms with Crippen molar-refractivity contribution in [2.75, 3.05) is 32.9 Å². The van der Waals surface area contributed by atoms with Gasteiger partial charge in [-0.25, -0.2) is 0 Å². The van der Waals surface area contributed by atoms with Crippen molar-refractivity contribution in [1.29, 1.82) is 0 Å². The third-order valence-corrected chi connectivity index (χ3v) is 5.22. The summed E-state index contributed by atoms with van der Waals surface area (Å²) < 4.78 is 11.4. The maximum atomic E-state index is 12.4. The van der Waals surface area contributed by atoms with E-state index in [1.807, 2.05) is 6.92 Å². The van der Waals surface area contributed by atoms with Crippen molar-refractivity contribution in [3.63, 3.8) is 0 Å². The first kappa shape index (κ1) is 15.0. The minimum atomic E-state index is 0.254. The van der Waals surface area contributed by atoms with Crippen LogP contribution in [-0.2, 0) is 14.3 Å². The number of carbonyl (C=O) groups is 1. The fourth-order valence-corrected chi connectivity index (χ4v) is 3.85. The number of rotatable bonds is 4. The molecule has 2 aliphatic heterocycles. The average Bonchev–Trinajstić information content (AvgIpc) is 3.16. The number of allylic oxidation sites excluding steroid dienone is 1. The Hall–Kier alpha value is -0.870. The average molecular weight is 293 g/mol. The molecular weight excluding hydrogens is 266 g/mol. The summed E-state index contributed by atoms with van der Waals surface area (Å²) in [6.07, 6.45) is 8.83. The van der Waals surface area contributed by atoms with Crippen LogP contribution in [0, 0.1) is 5.41 Å². The molecule has 1 spiro atoms. The molecule has 2 saturated heterocycles. The monoisotopic (exact) mass is 293 g/mol. The van der Waals surface area contributed by atoms with Crippen LogP contribution in [0.15, 0.2) is 11.6 Å². The van der Waals surface area contributed by atoms with Crippen LogP contribution in [0.1, 0.15) is 45.4 Å². The van der Waals surface area contributed by atoms with Gasteiger partial charge in [0.2, 0.25) is 5.91 Å². The summed E-state index contributed by atoms with van der Waals surface area (Å²) in [4.78, 5) is 14.5. The number of hydrogen-bond acceptors (Lipinski definition) is 3. The number of amides is 1. The van der Waals surface area contributed by atoms with Crippen LogP contribution in [-0.4, -0.2) is 49.8 Å². The lowest BCUT2D eigenvalue weighted by Crippen LogP contribution is -2.44. The van der Waals surface area contributed by atoms with Crippen molar-refractivity contribution in [2.24, 2.45) is 5.41 Å². The molecule has 1 aliphatic carbocycles. The van der Waals surface area contributed by atoms with Gasteiger partial charge in [0, 0.05) is 25.3 Å². The molecular formula is C17H27NO3. The smallest absolute Gasteiger partial charge is 0.249 e. The number of piperidine rings is 1. The van der Waals surface area contributed by atoms with E-state index in [0.29, 0.717) is 12.0 Å². The Morgan fingerprint density at radius 1 is 1.48 bits per heavy atom. The fraction of sp³-hybridized carbons (Fsp3) is 0.824. The summed E-state index contributed by atoms with van der Waals surface area (Å²) in [7, 11) is 0. The summed E-state index contributed by atoms with van der Waals surface area (Å²) in [5, 5.41) is 0. The van der Waals surface area contributed by atoms with Gasteiger partial charge >= 0.3 is 0 Å². The zero-order chi connectivity index (χ0) is 14.7. The third-order valence-electron chi connectivity index (χ3n) is 5.22. The van der Waals surface area contributed by atoms with E-state index >= 15 is 0 Å². The molecule has 1 amide bonds. The Morgan fingerprint density at radius 3 is 2.95 bits per heavy atom. The van der Waals surface area contributed by atoms with Gasteiger partial charge in [-0.2, -0.15) is 0 Å². The second-order valence-corrected chi connectivity index (χ2v) is 6.71. The van der Waals surface area contributed by atoms with E-state index in [0.717, 1.165) is 70.4 Å². The molecule has 4 heteroatoms. The lowest BCUT2D eigenvalue weighted by molar-refractivity contribution is -0.129. The van der Waals surface area contributed by atoms with Crippen molar-refractivity contribution >= 4 is 5.91 Å². The van der Waals surface area contributed by atoms with E-state index in [1.165, 1.54) is 0 Å². The van der Waals surface area contributed by atoms with Crippen LogP contribution in [0.5, 0.6) is 0 Å². The van der Waals surface area contributed by atoms with Crippen molar-refractivity contribution in [2.45, 2.75) is 51.6 Å². The van der Waals surface area contributed by atoms with Crippen molar-refractivity contribution in [3.05, 3.63) is 11.6 Å². The number of nitrogens with zero attached hydrogens (tertiary/aromatic N) is 1. The second-order valence-electron chi connectivity index (χ2n) is 6.71. The molecule has 1 atom stereocenters. The normalized spacial score (nSPS) is 28.1. The molecule has 0 saturated carbocycles. The SMILES string of the molecule is CCOCC1CC2(CCN(C(=O)C3=CCCC3)CC2)CO1. The van der Waals surface area contributed by atoms with E-state index < -0.39 is 0 Å². The molecule has 3 rings (SSSR count). The van der Waals surface area contributed by atoms with Gasteiger partial charge in [0.05, 0.1) is 19.3 Å². The predicted octanol–water partition coefficient (Wildman–Crippen LogP) is 2.53. The molecule has 0 aromatic rings. The molecule has 3 aliphatic rings. The van der Waals surface area contributed by atoms with Crippen LogP contribution in [0.4, 0.5) is 0 Å². The van der Waals surface area contributed by atoms with E-state index in [2.05, 4.69) is 11.0 Å². The first-order chi connectivity index (χ1) is 10.2. The molecule has 2 heterocycles. The van der Waals surface area contributed by atoms with Gasteiger partial charge in [-0.1, -0.05) is 6.08 Å². The highest BCUT2D eigenvalue weighted by Gasteiger charge is 2.43. The zero-order valence-electron chi connectivity index (χ0n) is 13.1. The Balaban J connectivity index is 1.50. The predicted molar refractivity (Wildman–Crippen MR) is 81.0 cm³/mol. The summed E-state index contributed by atoms with van der Waals surface area (Å²) >= 11 is 0. The third kappa shape index (κ3) is 3.32. The molecule has 0 aromatic carbocycles. The van der Waals surface area contributed by atoms with Gasteiger partial charge in [0.25, 0.3) is 0 Å². The molecule has 0 aromatic heterocycles. The number of hydrogen-bond donors (Lipinski definition) is 0. The van der Waals surface area contributed by atoms with Crippen LogP contribution >= 0.6 is 0 Å². The zero-order valence-corrected chi connectivity index (χ0v) is 13.1. The molecule has 0 N–H and O–H groups in total. The molecule has 21 heavy (non-hydrogen) atoms. The lowest BCUT2D eigenvalue weighted by Gasteiger charge is -2.38. The van der Waals surface area contributed by atoms with Gasteiger partial charge in [-0.3, -0.25) is 4.79 Å². The van der Waals surface area contributed by atoms with Crippen LogP contribution in [0.2, 0.25) is 0 Å². The quantitative estimate of drug-likeness (QED) is 0.799. The van der Waals surface area contributed by atoms with E-state index in [1.54, 1.807) is 0 Å². The largest absolute Gasteiger partial charge is 0.379 e. The molecule has 118 valence electrons. The Morgan fingerprint density at radius 2 is 2.29 bits per heavy atom. The number of ether oxygens (including phenoxy) is 2. The Kier molecular flexibility index (Phi) is 4.65. The van der Waals surface area contributed by atoms with Crippen molar-refractivity contribution < 1.29 is 14.3 Å². The first-order valence-electron chi connectivity index (χ1n) is 8.40. The molecule has 2 fully saturated rings. The maximum absolute atomic E-state index is 12.4. The second kappa shape index (κ2) is 6.49. The van der Waals surface area contributed by atoms with E-state index in [-0.39, 0.29) is 12.0 Å². The van der Waals surface area contributed by atoms with Crippen molar-refractivity contribution in [1.82, 2.24) is 4.90 Å². The number of likely N-dealkylation sites (tertiary alicyclic amines) is 1. The Labute approximate surface area is 127 Å². The van der Waals surface area contributed by atoms with Gasteiger partial charge in [0.15, 0.2) is 0 Å². The van der Waals surface area contributed by atoms with E-state index in [9.17, 15) is 4.79 Å². The topological polar surface area (TPSA) is 38.8 Å². The summed E-state index contributed by atoms with van der Waals surface area (Å²) in [5.74, 6) is 0.284. The van der Waals surface area contributed by atoms with Gasteiger partial charge in [-0.05, 0) is 50.9 Å². The molecule has 0 radical (unpaired) electrons. The Bertz CT molecular complexity index is 410. The highest BCUT2D eigenvalue weighted by Crippen LogP contribution is 2.42. The van der Waals surface area contributed by atoms with Gasteiger partial charge in [-0.15, -0.1) is 0 Å². The number of carbonyl (C=O) groups excluding carboxylic acids is 1. The molecule has 4 nitrogen and oxygen atoms in total. The molecule has 1 unspecified atom stereocenters. The lowest BCUT2D eigenvalue weighted by atomic mass is 9.76. The van der Waals surface area contributed by atoms with Crippen molar-refractivity contribution in [3.8, 4) is 0 Å². The first-order valence-corrected chi connectivity index (χ1v) is 8.40. The highest BCUT2D eigenvalue weighted by molar-refractivity contribution is 5.93. The van der Waals surface area contributed by atoms with E-state index in [4.69, 9.17) is 9.47 Å².